The fourth-order valence-corrected chi connectivity index (χ4v) is 2.84. The molecule has 1 atom stereocenters. The Kier molecular flexibility index (Phi) is 3.42. The molecule has 2 heterocycles. The van der Waals surface area contributed by atoms with E-state index in [2.05, 4.69) is 0 Å². The van der Waals surface area contributed by atoms with E-state index in [1.165, 1.54) is 39.6 Å². The summed E-state index contributed by atoms with van der Waals surface area (Å²) in [4.78, 5) is 35.8. The van der Waals surface area contributed by atoms with Gasteiger partial charge in [-0.1, -0.05) is 0 Å². The van der Waals surface area contributed by atoms with Gasteiger partial charge in [0.15, 0.2) is 0 Å². The van der Waals surface area contributed by atoms with E-state index in [1.54, 1.807) is 7.05 Å². The van der Waals surface area contributed by atoms with Crippen LogP contribution in [0.2, 0.25) is 0 Å². The number of carboxylic acid groups (broad SMARTS) is 1. The standard InChI is InChI=1S/C11H12N2O4S/c1-12-3-2-7(4-9(12)14)10(15)13-6-18-5-8(13)11(16)17/h2-4,8H,5-6H2,1H3,(H,16,17). The van der Waals surface area contributed by atoms with Crippen molar-refractivity contribution in [1.29, 1.82) is 0 Å². The lowest BCUT2D eigenvalue weighted by atomic mass is 10.2. The van der Waals surface area contributed by atoms with Crippen molar-refractivity contribution in [2.75, 3.05) is 11.6 Å². The van der Waals surface area contributed by atoms with E-state index in [1.807, 2.05) is 0 Å². The number of aromatic nitrogens is 1. The van der Waals surface area contributed by atoms with Gasteiger partial charge in [-0.2, -0.15) is 0 Å². The largest absolute Gasteiger partial charge is 0.480 e. The summed E-state index contributed by atoms with van der Waals surface area (Å²) >= 11 is 1.39. The van der Waals surface area contributed by atoms with Crippen molar-refractivity contribution >= 4 is 23.6 Å². The molecular formula is C11H12N2O4S. The van der Waals surface area contributed by atoms with Gasteiger partial charge in [-0.3, -0.25) is 9.59 Å². The second-order valence-corrected chi connectivity index (χ2v) is 4.99. The van der Waals surface area contributed by atoms with E-state index in [9.17, 15) is 14.4 Å². The van der Waals surface area contributed by atoms with Gasteiger partial charge in [0.25, 0.3) is 11.5 Å². The third-order valence-corrected chi connectivity index (χ3v) is 3.79. The Hall–Kier alpha value is -1.76. The average molecular weight is 268 g/mol. The van der Waals surface area contributed by atoms with Crippen LogP contribution in [-0.2, 0) is 11.8 Å². The minimum Gasteiger partial charge on any atom is -0.480 e. The molecule has 6 nitrogen and oxygen atoms in total. The number of pyridine rings is 1. The number of carboxylic acids is 1. The normalized spacial score (nSPS) is 18.9. The maximum atomic E-state index is 12.1. The highest BCUT2D eigenvalue weighted by molar-refractivity contribution is 7.99. The average Bonchev–Trinajstić information content (AvgIpc) is 2.81. The van der Waals surface area contributed by atoms with Crippen LogP contribution < -0.4 is 5.56 Å². The zero-order valence-electron chi connectivity index (χ0n) is 9.70. The van der Waals surface area contributed by atoms with E-state index >= 15 is 0 Å². The number of thioether (sulfide) groups is 1. The molecule has 1 aliphatic rings. The van der Waals surface area contributed by atoms with Crippen LogP contribution >= 0.6 is 11.8 Å². The van der Waals surface area contributed by atoms with Crippen LogP contribution in [-0.4, -0.2) is 44.1 Å². The minimum atomic E-state index is -1.02. The predicted octanol–water partition coefficient (Wildman–Crippen LogP) is -0.0150. The summed E-state index contributed by atoms with van der Waals surface area (Å²) in [6, 6.07) is 1.93. The smallest absolute Gasteiger partial charge is 0.327 e. The van der Waals surface area contributed by atoms with Crippen LogP contribution in [0, 0.1) is 0 Å². The van der Waals surface area contributed by atoms with Gasteiger partial charge in [0, 0.05) is 30.6 Å². The van der Waals surface area contributed by atoms with Gasteiger partial charge < -0.3 is 14.6 Å². The first-order valence-electron chi connectivity index (χ1n) is 5.29. The maximum Gasteiger partial charge on any atom is 0.327 e. The summed E-state index contributed by atoms with van der Waals surface area (Å²) in [7, 11) is 1.59. The molecule has 1 N–H and O–H groups in total. The van der Waals surface area contributed by atoms with Crippen LogP contribution in [0.4, 0.5) is 0 Å². The Labute approximate surface area is 107 Å². The monoisotopic (exact) mass is 268 g/mol. The van der Waals surface area contributed by atoms with Gasteiger partial charge in [0.1, 0.15) is 6.04 Å². The highest BCUT2D eigenvalue weighted by Crippen LogP contribution is 2.22. The van der Waals surface area contributed by atoms with Crippen LogP contribution in [0.5, 0.6) is 0 Å². The zero-order chi connectivity index (χ0) is 13.3. The van der Waals surface area contributed by atoms with E-state index in [-0.39, 0.29) is 11.1 Å². The predicted molar refractivity (Wildman–Crippen MR) is 66.6 cm³/mol. The number of carbonyl (C=O) groups is 2. The summed E-state index contributed by atoms with van der Waals surface area (Å²) in [5, 5.41) is 9.01. The first kappa shape index (κ1) is 12.7. The second kappa shape index (κ2) is 4.85. The molecular weight excluding hydrogens is 256 g/mol. The molecule has 1 aromatic rings. The Morgan fingerprint density at radius 2 is 2.22 bits per heavy atom. The van der Waals surface area contributed by atoms with Crippen molar-refractivity contribution < 1.29 is 14.7 Å². The van der Waals surface area contributed by atoms with Crippen molar-refractivity contribution in [3.8, 4) is 0 Å². The third-order valence-electron chi connectivity index (χ3n) is 2.78. The molecule has 0 aromatic carbocycles. The first-order chi connectivity index (χ1) is 8.50. The number of hydrogen-bond acceptors (Lipinski definition) is 4. The lowest BCUT2D eigenvalue weighted by Gasteiger charge is -2.20. The fraction of sp³-hybridized carbons (Fsp3) is 0.364. The van der Waals surface area contributed by atoms with Crippen LogP contribution in [0.15, 0.2) is 23.1 Å². The van der Waals surface area contributed by atoms with E-state index < -0.39 is 17.9 Å². The summed E-state index contributed by atoms with van der Waals surface area (Å²) in [6.45, 7) is 0. The molecule has 1 amide bonds. The van der Waals surface area contributed by atoms with Gasteiger partial charge in [-0.05, 0) is 6.07 Å². The lowest BCUT2D eigenvalue weighted by molar-refractivity contribution is -0.140. The Bertz CT molecular complexity index is 554. The van der Waals surface area contributed by atoms with Gasteiger partial charge in [-0.25, -0.2) is 4.79 Å². The lowest BCUT2D eigenvalue weighted by Crippen LogP contribution is -2.42. The van der Waals surface area contributed by atoms with Gasteiger partial charge in [0.05, 0.1) is 5.88 Å². The quantitative estimate of drug-likeness (QED) is 0.815. The van der Waals surface area contributed by atoms with E-state index in [0.717, 1.165) is 0 Å². The van der Waals surface area contributed by atoms with Crippen LogP contribution in [0.1, 0.15) is 10.4 Å². The molecule has 0 aliphatic carbocycles. The Morgan fingerprint density at radius 1 is 1.50 bits per heavy atom. The summed E-state index contributed by atoms with van der Waals surface area (Å²) in [5.41, 5.74) is -0.0635. The number of amides is 1. The van der Waals surface area contributed by atoms with Crippen LogP contribution in [0.3, 0.4) is 0 Å². The maximum absolute atomic E-state index is 12.1. The molecule has 0 radical (unpaired) electrons. The number of hydrogen-bond donors (Lipinski definition) is 1. The van der Waals surface area contributed by atoms with Crippen molar-refractivity contribution in [3.05, 3.63) is 34.2 Å². The zero-order valence-corrected chi connectivity index (χ0v) is 10.5. The molecule has 1 aromatic heterocycles. The SMILES string of the molecule is Cn1ccc(C(=O)N2CSCC2C(=O)O)cc1=O. The highest BCUT2D eigenvalue weighted by atomic mass is 32.2. The van der Waals surface area contributed by atoms with Gasteiger partial charge >= 0.3 is 5.97 Å². The van der Waals surface area contributed by atoms with E-state index in [0.29, 0.717) is 11.6 Å². The summed E-state index contributed by atoms with van der Waals surface area (Å²) in [5.74, 6) is -0.709. The number of rotatable bonds is 2. The number of aliphatic carboxylic acids is 1. The molecule has 1 aliphatic heterocycles. The molecule has 1 unspecified atom stereocenters. The third kappa shape index (κ3) is 2.26. The Morgan fingerprint density at radius 3 is 2.83 bits per heavy atom. The Balaban J connectivity index is 2.28. The van der Waals surface area contributed by atoms with E-state index in [4.69, 9.17) is 5.11 Å². The number of nitrogens with zero attached hydrogens (tertiary/aromatic N) is 2. The van der Waals surface area contributed by atoms with Crippen molar-refractivity contribution in [2.24, 2.45) is 7.05 Å². The summed E-state index contributed by atoms with van der Waals surface area (Å²) in [6.07, 6.45) is 1.49. The topological polar surface area (TPSA) is 79.6 Å². The molecule has 0 saturated carbocycles. The molecule has 96 valence electrons. The van der Waals surface area contributed by atoms with Gasteiger partial charge in [0.2, 0.25) is 0 Å². The fourth-order valence-electron chi connectivity index (χ4n) is 1.69. The molecule has 0 bridgehead atoms. The molecule has 2 rings (SSSR count). The molecule has 7 heteroatoms. The highest BCUT2D eigenvalue weighted by Gasteiger charge is 2.35. The minimum absolute atomic E-state index is 0.229. The van der Waals surface area contributed by atoms with Crippen LogP contribution in [0.25, 0.3) is 0 Å². The molecule has 0 spiro atoms. The number of carbonyl (C=O) groups excluding carboxylic acids is 1. The number of aryl methyl sites for hydroxylation is 1. The van der Waals surface area contributed by atoms with Gasteiger partial charge in [-0.15, -0.1) is 11.8 Å². The second-order valence-electron chi connectivity index (χ2n) is 3.99. The van der Waals surface area contributed by atoms with Crippen molar-refractivity contribution in [3.63, 3.8) is 0 Å². The van der Waals surface area contributed by atoms with Crippen molar-refractivity contribution in [2.45, 2.75) is 6.04 Å². The first-order valence-corrected chi connectivity index (χ1v) is 6.44. The van der Waals surface area contributed by atoms with Crippen molar-refractivity contribution in [1.82, 2.24) is 9.47 Å². The summed E-state index contributed by atoms with van der Waals surface area (Å²) < 4.78 is 1.35. The molecule has 18 heavy (non-hydrogen) atoms. The molecule has 1 saturated heterocycles. The molecule has 1 fully saturated rings.